The van der Waals surface area contributed by atoms with Gasteiger partial charge in [0.25, 0.3) is 0 Å². The number of rotatable bonds is 4. The van der Waals surface area contributed by atoms with Crippen LogP contribution in [0.4, 0.5) is 28.4 Å². The van der Waals surface area contributed by atoms with Crippen molar-refractivity contribution in [1.82, 2.24) is 0 Å². The molecule has 0 N–H and O–H groups in total. The molecular weight excluding hydrogens is 693 g/mol. The summed E-state index contributed by atoms with van der Waals surface area (Å²) in [6.07, 6.45) is 0. The van der Waals surface area contributed by atoms with Gasteiger partial charge in [-0.25, -0.2) is 0 Å². The van der Waals surface area contributed by atoms with Crippen molar-refractivity contribution in [3.63, 3.8) is 0 Å². The van der Waals surface area contributed by atoms with E-state index in [2.05, 4.69) is 155 Å². The normalized spacial score (nSPS) is 16.3. The van der Waals surface area contributed by atoms with Crippen LogP contribution in [0, 0.1) is 0 Å². The second-order valence-electron chi connectivity index (χ2n) is 13.6. The summed E-state index contributed by atoms with van der Waals surface area (Å²) in [5.74, 6) is 0. The monoisotopic (exact) mass is 720 g/mol. The summed E-state index contributed by atoms with van der Waals surface area (Å²) in [6.45, 7) is 0. The average Bonchev–Trinajstić information content (AvgIpc) is 4.00. The molecule has 2 unspecified atom stereocenters. The summed E-state index contributed by atoms with van der Waals surface area (Å²) in [5, 5.41) is 6.56. The van der Waals surface area contributed by atoms with Gasteiger partial charge in [0.15, 0.2) is 0 Å². The van der Waals surface area contributed by atoms with E-state index in [-0.39, 0.29) is 6.04 Å². The van der Waals surface area contributed by atoms with Gasteiger partial charge in [-0.15, -0.1) is 34.4 Å². The summed E-state index contributed by atoms with van der Waals surface area (Å²) < 4.78 is 10.2. The molecule has 7 aromatic carbocycles. The molecule has 0 aliphatic carbocycles. The number of nitrogens with zero attached hydrogens (tertiary/aromatic N) is 2. The molecule has 2 aliphatic heterocycles. The number of anilines is 5. The predicted octanol–water partition coefficient (Wildman–Crippen LogP) is 14.7. The lowest BCUT2D eigenvalue weighted by Crippen LogP contribution is -2.19. The molecule has 0 saturated carbocycles. The predicted molar refractivity (Wildman–Crippen MR) is 223 cm³/mol. The molecule has 0 amide bonds. The van der Waals surface area contributed by atoms with Gasteiger partial charge in [0.2, 0.25) is 0 Å². The Kier molecular flexibility index (Phi) is 6.15. The highest BCUT2D eigenvalue weighted by molar-refractivity contribution is 8.00. The van der Waals surface area contributed by atoms with Gasteiger partial charge >= 0.3 is 0 Å². The lowest BCUT2D eigenvalue weighted by Gasteiger charge is -2.30. The van der Waals surface area contributed by atoms with Crippen LogP contribution in [0.5, 0.6) is 0 Å². The summed E-state index contributed by atoms with van der Waals surface area (Å²) in [4.78, 5) is 7.90. The van der Waals surface area contributed by atoms with E-state index in [1.807, 2.05) is 46.6 Å². The second kappa shape index (κ2) is 11.0. The Morgan fingerprint density at radius 1 is 0.500 bits per heavy atom. The van der Waals surface area contributed by atoms with Gasteiger partial charge in [0.1, 0.15) is 11.2 Å². The van der Waals surface area contributed by atoms with Gasteiger partial charge in [0, 0.05) is 73.6 Å². The average molecular weight is 721 g/mol. The first kappa shape index (κ1) is 29.1. The third kappa shape index (κ3) is 4.14. The number of thiophene rings is 2. The SMILES string of the molecule is c1ccc2c(c1)SC1c3sc4ccccc4c3N(c3ccc(N(c4ccc5oc6ccccc6c5c4)c4ccc5sc6ccccc6c5c4)cc3)C21. The van der Waals surface area contributed by atoms with Gasteiger partial charge in [-0.1, -0.05) is 72.8 Å². The molecule has 3 aromatic heterocycles. The molecule has 5 heterocycles. The number of thioether (sulfide) groups is 1. The van der Waals surface area contributed by atoms with Gasteiger partial charge in [0.05, 0.1) is 17.0 Å². The first-order valence-electron chi connectivity index (χ1n) is 17.6. The summed E-state index contributed by atoms with van der Waals surface area (Å²) in [6, 6.07) is 58.0. The molecule has 0 fully saturated rings. The molecule has 2 atom stereocenters. The topological polar surface area (TPSA) is 19.6 Å². The van der Waals surface area contributed by atoms with Gasteiger partial charge < -0.3 is 14.2 Å². The zero-order valence-corrected chi connectivity index (χ0v) is 30.1. The van der Waals surface area contributed by atoms with Crippen molar-refractivity contribution in [1.29, 1.82) is 0 Å². The van der Waals surface area contributed by atoms with Crippen LogP contribution in [0.3, 0.4) is 0 Å². The minimum atomic E-state index is 0.264. The van der Waals surface area contributed by atoms with Crippen LogP contribution in [0.25, 0.3) is 52.2 Å². The smallest absolute Gasteiger partial charge is 0.135 e. The van der Waals surface area contributed by atoms with E-state index in [4.69, 9.17) is 4.42 Å². The Balaban J connectivity index is 1.04. The molecule has 2 aliphatic rings. The molecule has 12 rings (SSSR count). The van der Waals surface area contributed by atoms with E-state index < -0.39 is 0 Å². The number of hydrogen-bond donors (Lipinski definition) is 0. The summed E-state index contributed by atoms with van der Waals surface area (Å²) in [7, 11) is 0. The summed E-state index contributed by atoms with van der Waals surface area (Å²) in [5.41, 5.74) is 9.16. The highest BCUT2D eigenvalue weighted by Crippen LogP contribution is 2.67. The first-order chi connectivity index (χ1) is 25.8. The van der Waals surface area contributed by atoms with Crippen molar-refractivity contribution in [2.75, 3.05) is 9.80 Å². The number of hydrogen-bond acceptors (Lipinski definition) is 6. The molecule has 10 aromatic rings. The fourth-order valence-corrected chi connectivity index (χ4v) is 12.5. The standard InChI is InChI=1S/C46H28N2OS3/c1-5-13-37-31(9-1)35-25-29(21-23-38(35)49-37)47(30-22-24-42-36(26-30)32-10-2-6-14-39(32)50-42)27-17-19-28(20-18-27)48-43-33-11-3-7-15-40(33)51-45(43)46-44(48)34-12-4-8-16-41(34)52-46/h1-26,43,45H. The van der Waals surface area contributed by atoms with Gasteiger partial charge in [-0.05, 0) is 90.5 Å². The Bertz CT molecular complexity index is 2930. The van der Waals surface area contributed by atoms with Crippen molar-refractivity contribution in [3.05, 3.63) is 168 Å². The van der Waals surface area contributed by atoms with Crippen LogP contribution in [0.2, 0.25) is 0 Å². The maximum atomic E-state index is 6.26. The minimum absolute atomic E-state index is 0.264. The Morgan fingerprint density at radius 2 is 1.13 bits per heavy atom. The second-order valence-corrected chi connectivity index (χ2v) is 17.0. The van der Waals surface area contributed by atoms with E-state index in [9.17, 15) is 0 Å². The van der Waals surface area contributed by atoms with Gasteiger partial charge in [-0.2, -0.15) is 0 Å². The third-order valence-electron chi connectivity index (χ3n) is 10.8. The molecule has 0 bridgehead atoms. The van der Waals surface area contributed by atoms with Gasteiger partial charge in [-0.3, -0.25) is 0 Å². The lowest BCUT2D eigenvalue weighted by atomic mass is 10.0. The van der Waals surface area contributed by atoms with Crippen molar-refractivity contribution in [3.8, 4) is 0 Å². The Hall–Kier alpha value is -5.53. The van der Waals surface area contributed by atoms with Crippen LogP contribution in [-0.2, 0) is 0 Å². The zero-order chi connectivity index (χ0) is 33.9. The van der Waals surface area contributed by atoms with Crippen LogP contribution in [0.1, 0.15) is 21.7 Å². The van der Waals surface area contributed by atoms with Crippen LogP contribution < -0.4 is 9.80 Å². The number of benzene rings is 7. The Labute approximate surface area is 312 Å². The van der Waals surface area contributed by atoms with Crippen molar-refractivity contribution in [2.45, 2.75) is 16.2 Å². The molecule has 52 heavy (non-hydrogen) atoms. The highest BCUT2D eigenvalue weighted by Gasteiger charge is 2.48. The molecule has 0 spiro atoms. The van der Waals surface area contributed by atoms with E-state index in [0.29, 0.717) is 5.25 Å². The van der Waals surface area contributed by atoms with Crippen LogP contribution in [0.15, 0.2) is 167 Å². The highest BCUT2D eigenvalue weighted by atomic mass is 32.2. The van der Waals surface area contributed by atoms with Crippen LogP contribution >= 0.6 is 34.4 Å². The molecule has 0 saturated heterocycles. The third-order valence-corrected chi connectivity index (χ3v) is 14.7. The molecule has 6 heteroatoms. The largest absolute Gasteiger partial charge is 0.456 e. The molecule has 0 radical (unpaired) electrons. The molecule has 246 valence electrons. The van der Waals surface area contributed by atoms with E-state index in [1.165, 1.54) is 57.0 Å². The lowest BCUT2D eigenvalue weighted by molar-refractivity contribution is 0.669. The van der Waals surface area contributed by atoms with Crippen molar-refractivity contribution in [2.24, 2.45) is 0 Å². The summed E-state index contributed by atoms with van der Waals surface area (Å²) >= 11 is 5.84. The van der Waals surface area contributed by atoms with E-state index in [0.717, 1.165) is 39.0 Å². The first-order valence-corrected chi connectivity index (χ1v) is 20.1. The number of fused-ring (bicyclic) bond motifs is 13. The molecule has 3 nitrogen and oxygen atoms in total. The fourth-order valence-electron chi connectivity index (χ4n) is 8.50. The number of para-hydroxylation sites is 1. The van der Waals surface area contributed by atoms with E-state index in [1.54, 1.807) is 0 Å². The quantitative estimate of drug-likeness (QED) is 0.180. The van der Waals surface area contributed by atoms with Crippen molar-refractivity contribution < 1.29 is 4.42 Å². The molecular formula is C46H28N2OS3. The number of furan rings is 1. The Morgan fingerprint density at radius 3 is 2.00 bits per heavy atom. The van der Waals surface area contributed by atoms with E-state index >= 15 is 0 Å². The van der Waals surface area contributed by atoms with Crippen LogP contribution in [-0.4, -0.2) is 0 Å². The van der Waals surface area contributed by atoms with Crippen molar-refractivity contribution >= 4 is 115 Å². The zero-order valence-electron chi connectivity index (χ0n) is 27.7. The minimum Gasteiger partial charge on any atom is -0.456 e. The maximum absolute atomic E-state index is 6.26. The fraction of sp³-hybridized carbons (Fsp3) is 0.0435. The maximum Gasteiger partial charge on any atom is 0.135 e.